The highest BCUT2D eigenvalue weighted by atomic mass is 16.2. The first-order valence-electron chi connectivity index (χ1n) is 9.29. The summed E-state index contributed by atoms with van der Waals surface area (Å²) in [5.74, 6) is 2.46. The lowest BCUT2D eigenvalue weighted by molar-refractivity contribution is 0.0776. The van der Waals surface area contributed by atoms with E-state index in [1.165, 1.54) is 0 Å². The molecule has 2 aliphatic heterocycles. The lowest BCUT2D eigenvalue weighted by atomic mass is 10.0. The highest BCUT2D eigenvalue weighted by molar-refractivity contribution is 5.92. The molecule has 0 saturated carbocycles. The molecule has 0 N–H and O–H groups in total. The van der Waals surface area contributed by atoms with E-state index in [0.717, 1.165) is 43.4 Å². The van der Waals surface area contributed by atoms with Crippen LogP contribution in [0.25, 0.3) is 0 Å². The SMILES string of the molecule is Cc1cc(C(=O)N2CC3CN(c4cc(C(C)C)ncn4)CC3C2)nn1C. The first-order chi connectivity index (χ1) is 12.4. The average Bonchev–Trinajstić information content (AvgIpc) is 3.28. The molecular weight excluding hydrogens is 328 g/mol. The van der Waals surface area contributed by atoms with Crippen LogP contribution >= 0.6 is 0 Å². The molecule has 4 heterocycles. The van der Waals surface area contributed by atoms with Crippen LogP contribution in [0.2, 0.25) is 0 Å². The third kappa shape index (κ3) is 2.95. The van der Waals surface area contributed by atoms with Crippen LogP contribution in [-0.2, 0) is 7.05 Å². The Labute approximate surface area is 154 Å². The van der Waals surface area contributed by atoms with Crippen LogP contribution in [0.15, 0.2) is 18.5 Å². The van der Waals surface area contributed by atoms with Crippen molar-refractivity contribution in [2.45, 2.75) is 26.7 Å². The van der Waals surface area contributed by atoms with Gasteiger partial charge in [0, 0.05) is 62.5 Å². The van der Waals surface area contributed by atoms with Crippen LogP contribution in [0.4, 0.5) is 5.82 Å². The fraction of sp³-hybridized carbons (Fsp3) is 0.579. The van der Waals surface area contributed by atoms with Crippen LogP contribution in [-0.4, -0.2) is 56.7 Å². The summed E-state index contributed by atoms with van der Waals surface area (Å²) in [5.41, 5.74) is 2.64. The molecular formula is C19H26N6O. The number of rotatable bonds is 3. The number of fused-ring (bicyclic) bond motifs is 1. The Kier molecular flexibility index (Phi) is 4.17. The van der Waals surface area contributed by atoms with E-state index in [1.54, 1.807) is 11.0 Å². The van der Waals surface area contributed by atoms with Crippen LogP contribution < -0.4 is 4.90 Å². The zero-order chi connectivity index (χ0) is 18.4. The van der Waals surface area contributed by atoms with E-state index >= 15 is 0 Å². The zero-order valence-corrected chi connectivity index (χ0v) is 15.9. The summed E-state index contributed by atoms with van der Waals surface area (Å²) < 4.78 is 1.76. The third-order valence-electron chi connectivity index (χ3n) is 5.70. The molecule has 2 unspecified atom stereocenters. The zero-order valence-electron chi connectivity index (χ0n) is 15.9. The van der Waals surface area contributed by atoms with Crippen molar-refractivity contribution in [2.75, 3.05) is 31.1 Å². The highest BCUT2D eigenvalue weighted by Gasteiger charge is 2.42. The Balaban J connectivity index is 1.42. The molecule has 2 aromatic heterocycles. The van der Waals surface area contributed by atoms with Crippen molar-refractivity contribution < 1.29 is 4.79 Å². The number of nitrogens with zero attached hydrogens (tertiary/aromatic N) is 6. The fourth-order valence-electron chi connectivity index (χ4n) is 4.02. The molecule has 2 aromatic rings. The molecule has 0 bridgehead atoms. The lowest BCUT2D eigenvalue weighted by Gasteiger charge is -2.22. The number of hydrogen-bond donors (Lipinski definition) is 0. The molecule has 0 radical (unpaired) electrons. The molecule has 138 valence electrons. The molecule has 7 heteroatoms. The van der Waals surface area contributed by atoms with Gasteiger partial charge in [0.25, 0.3) is 5.91 Å². The second kappa shape index (κ2) is 6.37. The van der Waals surface area contributed by atoms with E-state index in [0.29, 0.717) is 23.4 Å². The Bertz CT molecular complexity index is 796. The van der Waals surface area contributed by atoms with Gasteiger partial charge in [-0.3, -0.25) is 9.48 Å². The smallest absolute Gasteiger partial charge is 0.274 e. The van der Waals surface area contributed by atoms with Crippen LogP contribution in [0.5, 0.6) is 0 Å². The number of amides is 1. The van der Waals surface area contributed by atoms with E-state index < -0.39 is 0 Å². The average molecular weight is 354 g/mol. The molecule has 0 aromatic carbocycles. The number of likely N-dealkylation sites (tertiary alicyclic amines) is 1. The number of aryl methyl sites for hydroxylation is 2. The van der Waals surface area contributed by atoms with Crippen molar-refractivity contribution in [2.24, 2.45) is 18.9 Å². The Morgan fingerprint density at radius 3 is 2.38 bits per heavy atom. The quantitative estimate of drug-likeness (QED) is 0.841. The van der Waals surface area contributed by atoms with Gasteiger partial charge in [0.2, 0.25) is 0 Å². The Hall–Kier alpha value is -2.44. The summed E-state index contributed by atoms with van der Waals surface area (Å²) >= 11 is 0. The second-order valence-corrected chi connectivity index (χ2v) is 7.89. The van der Waals surface area contributed by atoms with Gasteiger partial charge in [-0.1, -0.05) is 13.8 Å². The number of carbonyl (C=O) groups excluding carboxylic acids is 1. The van der Waals surface area contributed by atoms with Gasteiger partial charge in [-0.05, 0) is 18.9 Å². The topological polar surface area (TPSA) is 67.2 Å². The lowest BCUT2D eigenvalue weighted by Crippen LogP contribution is -2.33. The summed E-state index contributed by atoms with van der Waals surface area (Å²) in [7, 11) is 1.87. The molecule has 2 atom stereocenters. The summed E-state index contributed by atoms with van der Waals surface area (Å²) in [5, 5.41) is 4.34. The molecule has 2 fully saturated rings. The molecule has 1 amide bonds. The molecule has 4 rings (SSSR count). The number of aromatic nitrogens is 4. The Morgan fingerprint density at radius 1 is 1.12 bits per heavy atom. The minimum Gasteiger partial charge on any atom is -0.356 e. The van der Waals surface area contributed by atoms with Crippen molar-refractivity contribution in [3.8, 4) is 0 Å². The maximum absolute atomic E-state index is 12.7. The van der Waals surface area contributed by atoms with Crippen molar-refractivity contribution >= 4 is 11.7 Å². The van der Waals surface area contributed by atoms with Crippen molar-refractivity contribution in [3.63, 3.8) is 0 Å². The van der Waals surface area contributed by atoms with Gasteiger partial charge in [-0.25, -0.2) is 9.97 Å². The maximum atomic E-state index is 12.7. The number of anilines is 1. The maximum Gasteiger partial charge on any atom is 0.274 e. The molecule has 2 aliphatic rings. The molecule has 0 spiro atoms. The third-order valence-corrected chi connectivity index (χ3v) is 5.70. The molecule has 2 saturated heterocycles. The van der Waals surface area contributed by atoms with E-state index in [-0.39, 0.29) is 5.91 Å². The van der Waals surface area contributed by atoms with Crippen molar-refractivity contribution in [3.05, 3.63) is 35.5 Å². The van der Waals surface area contributed by atoms with Crippen molar-refractivity contribution in [1.29, 1.82) is 0 Å². The van der Waals surface area contributed by atoms with Gasteiger partial charge in [-0.2, -0.15) is 5.10 Å². The standard InChI is InChI=1S/C19H26N6O/c1-12(2)16-6-18(21-11-20-16)24-7-14-9-25(10-15(14)8-24)19(26)17-5-13(3)23(4)22-17/h5-6,11-12,14-15H,7-10H2,1-4H3. The first kappa shape index (κ1) is 17.0. The van der Waals surface area contributed by atoms with E-state index in [9.17, 15) is 4.79 Å². The second-order valence-electron chi connectivity index (χ2n) is 7.89. The highest BCUT2D eigenvalue weighted by Crippen LogP contribution is 2.34. The van der Waals surface area contributed by atoms with Gasteiger partial charge in [0.15, 0.2) is 5.69 Å². The van der Waals surface area contributed by atoms with Gasteiger partial charge < -0.3 is 9.80 Å². The minimum absolute atomic E-state index is 0.0544. The predicted molar refractivity (Wildman–Crippen MR) is 99.2 cm³/mol. The number of carbonyl (C=O) groups is 1. The van der Waals surface area contributed by atoms with Crippen LogP contribution in [0.3, 0.4) is 0 Å². The molecule has 26 heavy (non-hydrogen) atoms. The van der Waals surface area contributed by atoms with Crippen molar-refractivity contribution in [1.82, 2.24) is 24.6 Å². The normalized spacial score (nSPS) is 22.3. The first-order valence-corrected chi connectivity index (χ1v) is 9.29. The largest absolute Gasteiger partial charge is 0.356 e. The predicted octanol–water partition coefficient (Wildman–Crippen LogP) is 1.85. The van der Waals surface area contributed by atoms with Crippen LogP contribution in [0.1, 0.15) is 41.6 Å². The van der Waals surface area contributed by atoms with Gasteiger partial charge in [0.05, 0.1) is 0 Å². The minimum atomic E-state index is 0.0544. The summed E-state index contributed by atoms with van der Waals surface area (Å²) in [6.45, 7) is 9.76. The monoisotopic (exact) mass is 354 g/mol. The van der Waals surface area contributed by atoms with Gasteiger partial charge in [0.1, 0.15) is 12.1 Å². The number of hydrogen-bond acceptors (Lipinski definition) is 5. The van der Waals surface area contributed by atoms with E-state index in [2.05, 4.69) is 39.9 Å². The molecule has 0 aliphatic carbocycles. The fourth-order valence-corrected chi connectivity index (χ4v) is 4.02. The molecule has 7 nitrogen and oxygen atoms in total. The van der Waals surface area contributed by atoms with Gasteiger partial charge in [-0.15, -0.1) is 0 Å². The van der Waals surface area contributed by atoms with Gasteiger partial charge >= 0.3 is 0 Å². The summed E-state index contributed by atoms with van der Waals surface area (Å²) in [4.78, 5) is 25.9. The van der Waals surface area contributed by atoms with E-state index in [4.69, 9.17) is 0 Å². The summed E-state index contributed by atoms with van der Waals surface area (Å²) in [6, 6.07) is 3.97. The van der Waals surface area contributed by atoms with E-state index in [1.807, 2.05) is 24.9 Å². The summed E-state index contributed by atoms with van der Waals surface area (Å²) in [6.07, 6.45) is 1.66. The Morgan fingerprint density at radius 2 is 1.81 bits per heavy atom. The van der Waals surface area contributed by atoms with Crippen LogP contribution in [0, 0.1) is 18.8 Å².